The van der Waals surface area contributed by atoms with Gasteiger partial charge in [0.05, 0.1) is 16.2 Å². The minimum Gasteiger partial charge on any atom is -0.384 e. The second kappa shape index (κ2) is 7.04. The van der Waals surface area contributed by atoms with Crippen molar-refractivity contribution in [3.05, 3.63) is 33.9 Å². The van der Waals surface area contributed by atoms with Gasteiger partial charge < -0.3 is 10.2 Å². The fourth-order valence-corrected chi connectivity index (χ4v) is 2.65. The Morgan fingerprint density at radius 2 is 2.19 bits per heavy atom. The molecule has 6 nitrogen and oxygen atoms in total. The number of nitrogens with one attached hydrogen (secondary N) is 1. The highest BCUT2D eigenvalue weighted by Gasteiger charge is 2.16. The number of rotatable bonds is 5. The van der Waals surface area contributed by atoms with Gasteiger partial charge in [-0.2, -0.15) is 5.26 Å². The van der Waals surface area contributed by atoms with Crippen molar-refractivity contribution in [2.75, 3.05) is 32.0 Å². The zero-order chi connectivity index (χ0) is 15.2. The van der Waals surface area contributed by atoms with Gasteiger partial charge in [0.2, 0.25) is 0 Å². The number of nitrogens with zero attached hydrogens (tertiary/aromatic N) is 3. The summed E-state index contributed by atoms with van der Waals surface area (Å²) < 4.78 is 0. The molecule has 0 bridgehead atoms. The van der Waals surface area contributed by atoms with Gasteiger partial charge in [-0.1, -0.05) is 0 Å². The molecular weight excluding hydrogens is 268 g/mol. The Balaban J connectivity index is 1.88. The van der Waals surface area contributed by atoms with Gasteiger partial charge >= 0.3 is 0 Å². The number of anilines is 1. The van der Waals surface area contributed by atoms with E-state index in [-0.39, 0.29) is 5.69 Å². The van der Waals surface area contributed by atoms with Gasteiger partial charge in [-0.3, -0.25) is 10.1 Å². The third-order valence-electron chi connectivity index (χ3n) is 4.04. The maximum absolute atomic E-state index is 10.7. The highest BCUT2D eigenvalue weighted by Crippen LogP contribution is 2.23. The molecule has 0 radical (unpaired) electrons. The Morgan fingerprint density at radius 3 is 2.81 bits per heavy atom. The quantitative estimate of drug-likeness (QED) is 0.665. The van der Waals surface area contributed by atoms with Crippen molar-refractivity contribution in [2.24, 2.45) is 5.92 Å². The fraction of sp³-hybridized carbons (Fsp3) is 0.533. The van der Waals surface area contributed by atoms with Crippen LogP contribution in [-0.4, -0.2) is 36.5 Å². The van der Waals surface area contributed by atoms with Crippen LogP contribution in [0.25, 0.3) is 0 Å². The lowest BCUT2D eigenvalue weighted by atomic mass is 9.94. The molecule has 0 aliphatic carbocycles. The first kappa shape index (κ1) is 15.3. The number of likely N-dealkylation sites (tertiary alicyclic amines) is 1. The lowest BCUT2D eigenvalue weighted by molar-refractivity contribution is -0.384. The number of nitro groups is 1. The summed E-state index contributed by atoms with van der Waals surface area (Å²) in [6.45, 7) is 3.08. The highest BCUT2D eigenvalue weighted by molar-refractivity contribution is 5.61. The maximum Gasteiger partial charge on any atom is 0.270 e. The summed E-state index contributed by atoms with van der Waals surface area (Å²) in [7, 11) is 2.14. The summed E-state index contributed by atoms with van der Waals surface area (Å²) in [5.74, 6) is 0.720. The molecule has 1 saturated heterocycles. The minimum atomic E-state index is -0.483. The van der Waals surface area contributed by atoms with Crippen molar-refractivity contribution >= 4 is 11.4 Å². The van der Waals surface area contributed by atoms with E-state index >= 15 is 0 Å². The molecule has 0 unspecified atom stereocenters. The molecule has 1 fully saturated rings. The molecular formula is C15H20N4O2. The van der Waals surface area contributed by atoms with Crippen LogP contribution < -0.4 is 5.32 Å². The first-order chi connectivity index (χ1) is 10.1. The Morgan fingerprint density at radius 1 is 1.48 bits per heavy atom. The molecule has 112 valence electrons. The largest absolute Gasteiger partial charge is 0.384 e. The molecule has 0 atom stereocenters. The van der Waals surface area contributed by atoms with Crippen molar-refractivity contribution in [1.29, 1.82) is 5.26 Å². The summed E-state index contributed by atoms with van der Waals surface area (Å²) in [6.07, 6.45) is 3.49. The van der Waals surface area contributed by atoms with Crippen molar-refractivity contribution < 1.29 is 4.92 Å². The van der Waals surface area contributed by atoms with Crippen molar-refractivity contribution in [2.45, 2.75) is 19.3 Å². The average Bonchev–Trinajstić information content (AvgIpc) is 2.49. The van der Waals surface area contributed by atoms with Gasteiger partial charge in [0, 0.05) is 18.7 Å². The maximum atomic E-state index is 10.7. The van der Waals surface area contributed by atoms with Crippen LogP contribution >= 0.6 is 0 Å². The summed E-state index contributed by atoms with van der Waals surface area (Å²) in [5.41, 5.74) is 0.955. The van der Waals surface area contributed by atoms with Gasteiger partial charge in [0.15, 0.2) is 0 Å². The van der Waals surface area contributed by atoms with Gasteiger partial charge in [-0.15, -0.1) is 0 Å². The first-order valence-corrected chi connectivity index (χ1v) is 7.21. The second-order valence-electron chi connectivity index (χ2n) is 5.56. The third kappa shape index (κ3) is 4.17. The van der Waals surface area contributed by atoms with E-state index in [1.165, 1.54) is 25.0 Å². The normalized spacial score (nSPS) is 16.4. The minimum absolute atomic E-state index is 0.0487. The standard InChI is InChI=1S/C15H20N4O2/c1-18-8-5-12(6-9-18)4-7-17-15-3-2-14(19(20)21)10-13(15)11-16/h2-3,10,12,17H,4-9H2,1H3. The molecule has 2 rings (SSSR count). The number of nitriles is 1. The predicted molar refractivity (Wildman–Crippen MR) is 81.1 cm³/mol. The van der Waals surface area contributed by atoms with Crippen LogP contribution in [-0.2, 0) is 0 Å². The summed E-state index contributed by atoms with van der Waals surface area (Å²) in [5, 5.41) is 23.0. The number of nitro benzene ring substituents is 1. The average molecular weight is 288 g/mol. The van der Waals surface area contributed by atoms with E-state index in [2.05, 4.69) is 17.3 Å². The van der Waals surface area contributed by atoms with E-state index in [9.17, 15) is 10.1 Å². The van der Waals surface area contributed by atoms with Crippen LogP contribution in [0.2, 0.25) is 0 Å². The number of piperidine rings is 1. The molecule has 1 aromatic rings. The predicted octanol–water partition coefficient (Wildman–Crippen LogP) is 2.61. The SMILES string of the molecule is CN1CCC(CCNc2ccc([N+](=O)[O-])cc2C#N)CC1. The van der Waals surface area contributed by atoms with Crippen LogP contribution in [0.3, 0.4) is 0 Å². The lowest BCUT2D eigenvalue weighted by Gasteiger charge is -2.29. The van der Waals surface area contributed by atoms with Crippen molar-refractivity contribution in [3.8, 4) is 6.07 Å². The van der Waals surface area contributed by atoms with Crippen LogP contribution in [0.1, 0.15) is 24.8 Å². The monoisotopic (exact) mass is 288 g/mol. The van der Waals surface area contributed by atoms with Gasteiger partial charge in [0.25, 0.3) is 5.69 Å². The Bertz CT molecular complexity index is 545. The zero-order valence-electron chi connectivity index (χ0n) is 12.2. The lowest BCUT2D eigenvalue weighted by Crippen LogP contribution is -2.30. The molecule has 21 heavy (non-hydrogen) atoms. The topological polar surface area (TPSA) is 82.2 Å². The zero-order valence-corrected chi connectivity index (χ0v) is 12.2. The fourth-order valence-electron chi connectivity index (χ4n) is 2.65. The Kier molecular flexibility index (Phi) is 5.12. The third-order valence-corrected chi connectivity index (χ3v) is 4.04. The molecule has 1 heterocycles. The molecule has 0 spiro atoms. The molecule has 1 aliphatic rings. The Hall–Kier alpha value is -2.13. The highest BCUT2D eigenvalue weighted by atomic mass is 16.6. The van der Waals surface area contributed by atoms with Gasteiger partial charge in [0.1, 0.15) is 6.07 Å². The van der Waals surface area contributed by atoms with Crippen LogP contribution in [0.4, 0.5) is 11.4 Å². The molecule has 6 heteroatoms. The van der Waals surface area contributed by atoms with Crippen molar-refractivity contribution in [1.82, 2.24) is 4.90 Å². The smallest absolute Gasteiger partial charge is 0.270 e. The molecule has 1 aromatic carbocycles. The van der Waals surface area contributed by atoms with Crippen molar-refractivity contribution in [3.63, 3.8) is 0 Å². The van der Waals surface area contributed by atoms with Crippen LogP contribution in [0.15, 0.2) is 18.2 Å². The Labute approximate surface area is 124 Å². The molecule has 0 saturated carbocycles. The van der Waals surface area contributed by atoms with E-state index in [0.29, 0.717) is 11.3 Å². The molecule has 1 N–H and O–H groups in total. The molecule has 1 aliphatic heterocycles. The van der Waals surface area contributed by atoms with Gasteiger partial charge in [-0.25, -0.2) is 0 Å². The van der Waals surface area contributed by atoms with E-state index < -0.39 is 4.92 Å². The number of benzene rings is 1. The number of non-ortho nitro benzene ring substituents is 1. The van der Waals surface area contributed by atoms with Gasteiger partial charge in [-0.05, 0) is 51.4 Å². The summed E-state index contributed by atoms with van der Waals surface area (Å²) in [4.78, 5) is 12.6. The van der Waals surface area contributed by atoms with E-state index in [1.54, 1.807) is 6.07 Å². The number of hydrogen-bond donors (Lipinski definition) is 1. The summed E-state index contributed by atoms with van der Waals surface area (Å²) >= 11 is 0. The second-order valence-corrected chi connectivity index (χ2v) is 5.56. The van der Waals surface area contributed by atoms with Crippen LogP contribution in [0.5, 0.6) is 0 Å². The first-order valence-electron chi connectivity index (χ1n) is 7.21. The van der Waals surface area contributed by atoms with Crippen LogP contribution in [0, 0.1) is 27.4 Å². The number of hydrogen-bond acceptors (Lipinski definition) is 5. The molecule has 0 amide bonds. The summed E-state index contributed by atoms with van der Waals surface area (Å²) in [6, 6.07) is 6.37. The van der Waals surface area contributed by atoms with E-state index in [1.807, 2.05) is 6.07 Å². The van der Waals surface area contributed by atoms with E-state index in [0.717, 1.165) is 32.0 Å². The van der Waals surface area contributed by atoms with E-state index in [4.69, 9.17) is 5.26 Å². The molecule has 0 aromatic heterocycles.